The van der Waals surface area contributed by atoms with E-state index in [2.05, 4.69) is 5.10 Å². The van der Waals surface area contributed by atoms with Crippen LogP contribution in [0, 0.1) is 5.92 Å². The van der Waals surface area contributed by atoms with Crippen molar-refractivity contribution in [1.82, 2.24) is 14.7 Å². The highest BCUT2D eigenvalue weighted by Gasteiger charge is 2.29. The monoisotopic (exact) mass is 293 g/mol. The van der Waals surface area contributed by atoms with Gasteiger partial charge in [-0.25, -0.2) is 0 Å². The second-order valence-corrected chi connectivity index (χ2v) is 5.85. The van der Waals surface area contributed by atoms with Crippen molar-refractivity contribution >= 4 is 5.91 Å². The lowest BCUT2D eigenvalue weighted by molar-refractivity contribution is -0.140. The van der Waals surface area contributed by atoms with Crippen LogP contribution in [0.5, 0.6) is 0 Å². The van der Waals surface area contributed by atoms with E-state index in [1.54, 1.807) is 0 Å². The van der Waals surface area contributed by atoms with Crippen LogP contribution < -0.4 is 0 Å². The van der Waals surface area contributed by atoms with E-state index in [1.807, 2.05) is 22.6 Å². The van der Waals surface area contributed by atoms with Crippen molar-refractivity contribution in [3.63, 3.8) is 0 Å². The number of aliphatic hydroxyl groups is 1. The first-order chi connectivity index (χ1) is 10.2. The Morgan fingerprint density at radius 1 is 1.48 bits per heavy atom. The van der Waals surface area contributed by atoms with Crippen molar-refractivity contribution < 1.29 is 14.6 Å². The summed E-state index contributed by atoms with van der Waals surface area (Å²) in [6.07, 6.45) is 1.80. The standard InChI is InChI=1S/C15H23N3O3/c1-2-14(19)13-9-12-10-17(5-6-18(12)16-13)15(20)11-3-7-21-8-4-11/h9,11,14,19H,2-8,10H2,1H3. The number of aromatic nitrogens is 2. The molecule has 0 spiro atoms. The minimum absolute atomic E-state index is 0.105. The fourth-order valence-electron chi connectivity index (χ4n) is 3.05. The number of rotatable bonds is 3. The van der Waals surface area contributed by atoms with E-state index in [0.717, 1.165) is 18.5 Å². The zero-order valence-corrected chi connectivity index (χ0v) is 12.5. The van der Waals surface area contributed by atoms with Crippen LogP contribution in [0.15, 0.2) is 6.07 Å². The number of carbonyl (C=O) groups is 1. The number of hydrogen-bond donors (Lipinski definition) is 1. The van der Waals surface area contributed by atoms with Gasteiger partial charge in [-0.3, -0.25) is 9.48 Å². The van der Waals surface area contributed by atoms with Crippen LogP contribution in [-0.4, -0.2) is 45.5 Å². The number of amides is 1. The zero-order valence-electron chi connectivity index (χ0n) is 12.5. The summed E-state index contributed by atoms with van der Waals surface area (Å²) in [6.45, 7) is 5.32. The van der Waals surface area contributed by atoms with Crippen molar-refractivity contribution in [1.29, 1.82) is 0 Å². The van der Waals surface area contributed by atoms with E-state index in [0.29, 0.717) is 45.0 Å². The van der Waals surface area contributed by atoms with Gasteiger partial charge in [0.05, 0.1) is 30.6 Å². The lowest BCUT2D eigenvalue weighted by Crippen LogP contribution is -2.42. The van der Waals surface area contributed by atoms with Crippen LogP contribution in [0.2, 0.25) is 0 Å². The fourth-order valence-corrected chi connectivity index (χ4v) is 3.05. The van der Waals surface area contributed by atoms with E-state index in [9.17, 15) is 9.90 Å². The molecule has 1 unspecified atom stereocenters. The molecule has 0 aromatic carbocycles. The Bertz CT molecular complexity index is 508. The summed E-state index contributed by atoms with van der Waals surface area (Å²) in [7, 11) is 0. The molecule has 1 atom stereocenters. The number of nitrogens with zero attached hydrogens (tertiary/aromatic N) is 3. The SMILES string of the molecule is CCC(O)c1cc2n(n1)CCN(C(=O)C1CCOCC1)C2. The second kappa shape index (κ2) is 6.15. The molecule has 6 heteroatoms. The topological polar surface area (TPSA) is 67.6 Å². The normalized spacial score (nSPS) is 21.1. The highest BCUT2D eigenvalue weighted by molar-refractivity contribution is 5.79. The van der Waals surface area contributed by atoms with E-state index >= 15 is 0 Å². The van der Waals surface area contributed by atoms with E-state index in [1.165, 1.54) is 0 Å². The first-order valence-electron chi connectivity index (χ1n) is 7.80. The molecule has 2 aliphatic rings. The van der Waals surface area contributed by atoms with E-state index in [-0.39, 0.29) is 11.8 Å². The molecule has 0 radical (unpaired) electrons. The molecule has 0 aliphatic carbocycles. The highest BCUT2D eigenvalue weighted by atomic mass is 16.5. The van der Waals surface area contributed by atoms with Gasteiger partial charge in [0.15, 0.2) is 0 Å². The maximum Gasteiger partial charge on any atom is 0.226 e. The maximum atomic E-state index is 12.6. The van der Waals surface area contributed by atoms with Gasteiger partial charge in [-0.1, -0.05) is 6.92 Å². The van der Waals surface area contributed by atoms with Gasteiger partial charge in [0.25, 0.3) is 0 Å². The Morgan fingerprint density at radius 3 is 2.95 bits per heavy atom. The third-order valence-electron chi connectivity index (χ3n) is 4.43. The van der Waals surface area contributed by atoms with Crippen molar-refractivity contribution in [3.8, 4) is 0 Å². The van der Waals surface area contributed by atoms with Gasteiger partial charge in [0.1, 0.15) is 0 Å². The molecule has 1 aromatic heterocycles. The van der Waals surface area contributed by atoms with Gasteiger partial charge in [-0.15, -0.1) is 0 Å². The smallest absolute Gasteiger partial charge is 0.226 e. The van der Waals surface area contributed by atoms with Gasteiger partial charge in [0.2, 0.25) is 5.91 Å². The summed E-state index contributed by atoms with van der Waals surface area (Å²) in [4.78, 5) is 14.5. The van der Waals surface area contributed by atoms with Crippen molar-refractivity contribution in [2.24, 2.45) is 5.92 Å². The Balaban J connectivity index is 1.68. The highest BCUT2D eigenvalue weighted by Crippen LogP contribution is 2.23. The minimum Gasteiger partial charge on any atom is -0.387 e. The number of hydrogen-bond acceptors (Lipinski definition) is 4. The quantitative estimate of drug-likeness (QED) is 0.906. The minimum atomic E-state index is -0.511. The molecule has 21 heavy (non-hydrogen) atoms. The van der Waals surface area contributed by atoms with Crippen molar-refractivity contribution in [3.05, 3.63) is 17.5 Å². The molecule has 116 valence electrons. The molecule has 0 saturated carbocycles. The molecular weight excluding hydrogens is 270 g/mol. The second-order valence-electron chi connectivity index (χ2n) is 5.85. The average Bonchev–Trinajstić information content (AvgIpc) is 2.97. The lowest BCUT2D eigenvalue weighted by Gasteiger charge is -2.32. The first kappa shape index (κ1) is 14.5. The third kappa shape index (κ3) is 2.96. The molecule has 6 nitrogen and oxygen atoms in total. The summed E-state index contributed by atoms with van der Waals surface area (Å²) in [5.74, 6) is 0.345. The first-order valence-corrected chi connectivity index (χ1v) is 7.80. The number of carbonyl (C=O) groups excluding carboxylic acids is 1. The Kier molecular flexibility index (Phi) is 4.26. The largest absolute Gasteiger partial charge is 0.387 e. The Hall–Kier alpha value is -1.40. The van der Waals surface area contributed by atoms with Crippen LogP contribution in [0.25, 0.3) is 0 Å². The van der Waals surface area contributed by atoms with Crippen LogP contribution >= 0.6 is 0 Å². The number of aliphatic hydroxyl groups excluding tert-OH is 1. The summed E-state index contributed by atoms with van der Waals surface area (Å²) in [5, 5.41) is 14.3. The molecule has 1 amide bonds. The van der Waals surface area contributed by atoms with Crippen LogP contribution in [0.3, 0.4) is 0 Å². The summed E-state index contributed by atoms with van der Waals surface area (Å²) in [5.41, 5.74) is 1.73. The molecule has 1 aromatic rings. The van der Waals surface area contributed by atoms with Crippen LogP contribution in [0.4, 0.5) is 0 Å². The summed E-state index contributed by atoms with van der Waals surface area (Å²) < 4.78 is 7.24. The van der Waals surface area contributed by atoms with E-state index in [4.69, 9.17) is 4.74 Å². The predicted molar refractivity (Wildman–Crippen MR) is 76.4 cm³/mol. The lowest BCUT2D eigenvalue weighted by atomic mass is 9.98. The van der Waals surface area contributed by atoms with E-state index < -0.39 is 6.10 Å². The molecule has 1 fully saturated rings. The van der Waals surface area contributed by atoms with Gasteiger partial charge in [0, 0.05) is 25.7 Å². The van der Waals surface area contributed by atoms with Crippen LogP contribution in [-0.2, 0) is 22.6 Å². The summed E-state index contributed by atoms with van der Waals surface area (Å²) in [6, 6.07) is 1.93. The van der Waals surface area contributed by atoms with Gasteiger partial charge in [-0.05, 0) is 25.3 Å². The molecule has 3 rings (SSSR count). The molecule has 0 bridgehead atoms. The van der Waals surface area contributed by atoms with Gasteiger partial charge < -0.3 is 14.7 Å². The number of ether oxygens (including phenoxy) is 1. The number of fused-ring (bicyclic) bond motifs is 1. The molecular formula is C15H23N3O3. The van der Waals surface area contributed by atoms with Crippen molar-refractivity contribution in [2.45, 2.75) is 45.4 Å². The fraction of sp³-hybridized carbons (Fsp3) is 0.733. The van der Waals surface area contributed by atoms with Gasteiger partial charge >= 0.3 is 0 Å². The molecule has 1 saturated heterocycles. The predicted octanol–water partition coefficient (Wildman–Crippen LogP) is 1.10. The Morgan fingerprint density at radius 2 is 2.24 bits per heavy atom. The third-order valence-corrected chi connectivity index (χ3v) is 4.43. The van der Waals surface area contributed by atoms with Gasteiger partial charge in [-0.2, -0.15) is 5.10 Å². The summed E-state index contributed by atoms with van der Waals surface area (Å²) >= 11 is 0. The maximum absolute atomic E-state index is 12.6. The average molecular weight is 293 g/mol. The molecule has 3 heterocycles. The van der Waals surface area contributed by atoms with Crippen molar-refractivity contribution in [2.75, 3.05) is 19.8 Å². The molecule has 2 aliphatic heterocycles. The Labute approximate surface area is 124 Å². The zero-order chi connectivity index (χ0) is 14.8. The molecule has 1 N–H and O–H groups in total. The van der Waals surface area contributed by atoms with Crippen LogP contribution in [0.1, 0.15) is 43.7 Å².